The largest absolute Gasteiger partial charge is 0.478 e. The van der Waals surface area contributed by atoms with Crippen molar-refractivity contribution in [1.82, 2.24) is 14.9 Å². The summed E-state index contributed by atoms with van der Waals surface area (Å²) in [4.78, 5) is 11.0. The smallest absolute Gasteiger partial charge is 0.335 e. The normalized spacial score (nSPS) is 11.1. The van der Waals surface area contributed by atoms with Crippen LogP contribution in [0.4, 0.5) is 0 Å². The van der Waals surface area contributed by atoms with Crippen LogP contribution in [-0.2, 0) is 0 Å². The van der Waals surface area contributed by atoms with Gasteiger partial charge in [0.1, 0.15) is 24.2 Å². The van der Waals surface area contributed by atoms with Gasteiger partial charge in [0.25, 0.3) is 0 Å². The third kappa shape index (κ3) is 2.89. The second-order valence-electron chi connectivity index (χ2n) is 4.29. The molecule has 2 aromatic heterocycles. The lowest BCUT2D eigenvalue weighted by atomic mass is 10.1. The Morgan fingerprint density at radius 1 is 1.27 bits per heavy atom. The van der Waals surface area contributed by atoms with Crippen LogP contribution >= 0.6 is 11.6 Å². The quantitative estimate of drug-likeness (QED) is 0.747. The molecule has 0 aliphatic rings. The number of carboxylic acid groups (broad SMARTS) is 1. The van der Waals surface area contributed by atoms with E-state index in [9.17, 15) is 4.79 Å². The summed E-state index contributed by atoms with van der Waals surface area (Å²) < 4.78 is 7.02. The van der Waals surface area contributed by atoms with Crippen molar-refractivity contribution in [2.45, 2.75) is 0 Å². The van der Waals surface area contributed by atoms with Gasteiger partial charge in [0, 0.05) is 5.56 Å². The van der Waals surface area contributed by atoms with Crippen LogP contribution in [0, 0.1) is 0 Å². The maximum absolute atomic E-state index is 11.0. The van der Waals surface area contributed by atoms with Crippen LogP contribution in [0.15, 0.2) is 52.5 Å². The molecule has 0 amide bonds. The van der Waals surface area contributed by atoms with Crippen LogP contribution in [0.1, 0.15) is 16.1 Å². The number of carboxylic acids is 1. The molecule has 3 rings (SSSR count). The first-order valence-electron chi connectivity index (χ1n) is 6.15. The van der Waals surface area contributed by atoms with Gasteiger partial charge in [-0.2, -0.15) is 5.10 Å². The number of aromatic nitrogens is 3. The minimum Gasteiger partial charge on any atom is -0.478 e. The summed E-state index contributed by atoms with van der Waals surface area (Å²) in [5, 5.41) is 20.7. The highest BCUT2D eigenvalue weighted by molar-refractivity contribution is 6.33. The SMILES string of the molecule is O=C(O)c1ccc(Cl)c(-c2ccc(/C=N\n3cnnc3)o2)c1. The zero-order valence-electron chi connectivity index (χ0n) is 11.0. The standard InChI is InChI=1S/C14H9ClN4O3/c15-12-3-1-9(14(20)21)5-11(12)13-4-2-10(22-13)6-18-19-7-16-17-8-19/h1-8H,(H,20,21)/b18-6-. The lowest BCUT2D eigenvalue weighted by Gasteiger charge is -2.02. The van der Waals surface area contributed by atoms with E-state index >= 15 is 0 Å². The van der Waals surface area contributed by atoms with Gasteiger partial charge in [-0.05, 0) is 30.3 Å². The third-order valence-corrected chi connectivity index (χ3v) is 3.16. The average Bonchev–Trinajstić information content (AvgIpc) is 3.17. The number of furan rings is 1. The molecule has 0 atom stereocenters. The van der Waals surface area contributed by atoms with Gasteiger partial charge in [-0.15, -0.1) is 10.2 Å². The van der Waals surface area contributed by atoms with Gasteiger partial charge >= 0.3 is 5.97 Å². The first-order valence-corrected chi connectivity index (χ1v) is 6.53. The monoisotopic (exact) mass is 316 g/mol. The molecule has 2 heterocycles. The Balaban J connectivity index is 1.90. The van der Waals surface area contributed by atoms with Crippen LogP contribution in [0.25, 0.3) is 11.3 Å². The number of benzene rings is 1. The summed E-state index contributed by atoms with van der Waals surface area (Å²) in [6, 6.07) is 7.82. The minimum atomic E-state index is -1.03. The molecule has 0 saturated heterocycles. The Morgan fingerprint density at radius 3 is 2.77 bits per heavy atom. The van der Waals surface area contributed by atoms with Gasteiger partial charge in [0.2, 0.25) is 0 Å². The summed E-state index contributed by atoms with van der Waals surface area (Å²) >= 11 is 6.10. The highest BCUT2D eigenvalue weighted by Gasteiger charge is 2.12. The zero-order chi connectivity index (χ0) is 15.5. The lowest BCUT2D eigenvalue weighted by molar-refractivity contribution is 0.0697. The van der Waals surface area contributed by atoms with E-state index in [1.807, 2.05) is 0 Å². The van der Waals surface area contributed by atoms with Gasteiger partial charge < -0.3 is 9.52 Å². The van der Waals surface area contributed by atoms with E-state index in [1.54, 1.807) is 12.1 Å². The van der Waals surface area contributed by atoms with Gasteiger partial charge in [0.15, 0.2) is 0 Å². The van der Waals surface area contributed by atoms with Crippen molar-refractivity contribution in [1.29, 1.82) is 0 Å². The topological polar surface area (TPSA) is 93.5 Å². The second kappa shape index (κ2) is 5.82. The van der Waals surface area contributed by atoms with Crippen molar-refractivity contribution < 1.29 is 14.3 Å². The molecule has 0 spiro atoms. The summed E-state index contributed by atoms with van der Waals surface area (Å²) in [6.45, 7) is 0. The minimum absolute atomic E-state index is 0.135. The predicted molar refractivity (Wildman–Crippen MR) is 79.1 cm³/mol. The third-order valence-electron chi connectivity index (χ3n) is 2.83. The Kier molecular flexibility index (Phi) is 3.71. The Morgan fingerprint density at radius 2 is 2.05 bits per heavy atom. The first kappa shape index (κ1) is 14.0. The number of halogens is 1. The summed E-state index contributed by atoms with van der Waals surface area (Å²) in [5.41, 5.74) is 0.640. The van der Waals surface area contributed by atoms with Gasteiger partial charge in [-0.25, -0.2) is 9.47 Å². The molecular formula is C14H9ClN4O3. The molecular weight excluding hydrogens is 308 g/mol. The molecule has 1 aromatic carbocycles. The summed E-state index contributed by atoms with van der Waals surface area (Å²) in [7, 11) is 0. The van der Waals surface area contributed by atoms with E-state index in [0.717, 1.165) is 0 Å². The number of carbonyl (C=O) groups is 1. The molecule has 0 aliphatic heterocycles. The predicted octanol–water partition coefficient (Wildman–Crippen LogP) is 2.77. The highest BCUT2D eigenvalue weighted by atomic mass is 35.5. The van der Waals surface area contributed by atoms with E-state index < -0.39 is 5.97 Å². The molecule has 0 saturated carbocycles. The number of hydrogen-bond donors (Lipinski definition) is 1. The van der Waals surface area contributed by atoms with Crippen LogP contribution < -0.4 is 0 Å². The van der Waals surface area contributed by atoms with Crippen LogP contribution in [-0.4, -0.2) is 32.2 Å². The fraction of sp³-hybridized carbons (Fsp3) is 0. The van der Waals surface area contributed by atoms with Gasteiger partial charge in [-0.3, -0.25) is 0 Å². The van der Waals surface area contributed by atoms with Gasteiger partial charge in [0.05, 0.1) is 16.8 Å². The molecule has 8 heteroatoms. The maximum atomic E-state index is 11.0. The molecule has 0 aliphatic carbocycles. The van der Waals surface area contributed by atoms with Crippen molar-refractivity contribution >= 4 is 23.8 Å². The second-order valence-corrected chi connectivity index (χ2v) is 4.70. The number of rotatable bonds is 4. The van der Waals surface area contributed by atoms with E-state index in [1.165, 1.54) is 41.7 Å². The van der Waals surface area contributed by atoms with E-state index in [-0.39, 0.29) is 5.56 Å². The average molecular weight is 317 g/mol. The van der Waals surface area contributed by atoms with Crippen molar-refractivity contribution in [2.24, 2.45) is 5.10 Å². The van der Waals surface area contributed by atoms with E-state index in [2.05, 4.69) is 15.3 Å². The molecule has 7 nitrogen and oxygen atoms in total. The van der Waals surface area contributed by atoms with E-state index in [0.29, 0.717) is 22.1 Å². The first-order chi connectivity index (χ1) is 10.6. The molecule has 0 bridgehead atoms. The molecule has 1 N–H and O–H groups in total. The number of aromatic carboxylic acids is 1. The number of hydrogen-bond acceptors (Lipinski definition) is 5. The van der Waals surface area contributed by atoms with Gasteiger partial charge in [-0.1, -0.05) is 11.6 Å². The maximum Gasteiger partial charge on any atom is 0.335 e. The Bertz CT molecular complexity index is 840. The lowest BCUT2D eigenvalue weighted by Crippen LogP contribution is -1.96. The van der Waals surface area contributed by atoms with Crippen LogP contribution in [0.2, 0.25) is 5.02 Å². The number of nitrogens with zero attached hydrogens (tertiary/aromatic N) is 4. The fourth-order valence-electron chi connectivity index (χ4n) is 1.79. The molecule has 0 radical (unpaired) electrons. The van der Waals surface area contributed by atoms with Crippen molar-refractivity contribution in [3.63, 3.8) is 0 Å². The van der Waals surface area contributed by atoms with Crippen molar-refractivity contribution in [3.8, 4) is 11.3 Å². The van der Waals surface area contributed by atoms with Crippen molar-refractivity contribution in [3.05, 3.63) is 59.3 Å². The summed E-state index contributed by atoms with van der Waals surface area (Å²) in [6.07, 6.45) is 4.36. The Labute approximate surface area is 129 Å². The molecule has 0 fully saturated rings. The Hall–Kier alpha value is -2.93. The molecule has 0 unspecified atom stereocenters. The molecule has 3 aromatic rings. The van der Waals surface area contributed by atoms with Crippen LogP contribution in [0.5, 0.6) is 0 Å². The highest BCUT2D eigenvalue weighted by Crippen LogP contribution is 2.30. The van der Waals surface area contributed by atoms with E-state index in [4.69, 9.17) is 21.1 Å². The zero-order valence-corrected chi connectivity index (χ0v) is 11.8. The summed E-state index contributed by atoms with van der Waals surface area (Å²) in [5.74, 6) is -0.0855. The molecule has 22 heavy (non-hydrogen) atoms. The molecule has 110 valence electrons. The van der Waals surface area contributed by atoms with Crippen molar-refractivity contribution in [2.75, 3.05) is 0 Å². The van der Waals surface area contributed by atoms with Crippen LogP contribution in [0.3, 0.4) is 0 Å². The fourth-order valence-corrected chi connectivity index (χ4v) is 2.00.